The molecule has 1 aliphatic heterocycles. The molecule has 4 heteroatoms. The fraction of sp³-hybridized carbons (Fsp3) is 0.462. The van der Waals surface area contributed by atoms with Crippen LogP contribution in [0.1, 0.15) is 12.5 Å². The Bertz CT molecular complexity index is 402. The van der Waals surface area contributed by atoms with Gasteiger partial charge in [-0.05, 0) is 23.4 Å². The molecule has 1 saturated heterocycles. The maximum Gasteiger partial charge on any atom is 0.309 e. The number of carboxylic acid groups (broad SMARTS) is 1. The predicted molar refractivity (Wildman–Crippen MR) is 69.2 cm³/mol. The zero-order valence-electron chi connectivity index (χ0n) is 9.93. The average Bonchev–Trinajstić information content (AvgIpc) is 2.23. The second kappa shape index (κ2) is 5.56. The van der Waals surface area contributed by atoms with Gasteiger partial charge in [-0.15, -0.1) is 11.8 Å². The highest BCUT2D eigenvalue weighted by Gasteiger charge is 2.32. The minimum atomic E-state index is -0.670. The summed E-state index contributed by atoms with van der Waals surface area (Å²) in [6, 6.07) is 8.49. The summed E-state index contributed by atoms with van der Waals surface area (Å²) in [5, 5.41) is 8.80. The van der Waals surface area contributed by atoms with Crippen molar-refractivity contribution in [2.75, 3.05) is 18.8 Å². The van der Waals surface area contributed by atoms with Gasteiger partial charge >= 0.3 is 5.97 Å². The lowest BCUT2D eigenvalue weighted by Gasteiger charge is -2.36. The van der Waals surface area contributed by atoms with Gasteiger partial charge in [0, 0.05) is 24.5 Å². The zero-order chi connectivity index (χ0) is 12.3. The minimum absolute atomic E-state index is 0.164. The van der Waals surface area contributed by atoms with Gasteiger partial charge in [0.15, 0.2) is 0 Å². The van der Waals surface area contributed by atoms with E-state index in [1.807, 2.05) is 11.8 Å². The molecule has 0 unspecified atom stereocenters. The van der Waals surface area contributed by atoms with Crippen molar-refractivity contribution >= 4 is 17.7 Å². The third kappa shape index (κ3) is 3.23. The topological polar surface area (TPSA) is 40.5 Å². The molecule has 1 aliphatic rings. The first-order valence-corrected chi connectivity index (χ1v) is 6.84. The average molecular weight is 251 g/mol. The Kier molecular flexibility index (Phi) is 4.07. The molecular formula is C13H17NO2S. The minimum Gasteiger partial charge on any atom is -0.481 e. The van der Waals surface area contributed by atoms with E-state index in [1.54, 1.807) is 0 Å². The number of carbonyl (C=O) groups is 1. The molecule has 1 N–H and O–H groups in total. The summed E-state index contributed by atoms with van der Waals surface area (Å²) < 4.78 is 0. The second-order valence-electron chi connectivity index (χ2n) is 4.31. The predicted octanol–water partition coefficient (Wildman–Crippen LogP) is 2.32. The molecule has 17 heavy (non-hydrogen) atoms. The van der Waals surface area contributed by atoms with Gasteiger partial charge in [-0.25, -0.2) is 0 Å². The van der Waals surface area contributed by atoms with E-state index in [1.165, 1.54) is 10.5 Å². The standard InChI is InChI=1S/C13H17NO2S/c1-2-17-12-5-3-4-10(6-12)7-14-8-11(9-14)13(15)16/h3-6,11H,2,7-9H2,1H3,(H,15,16). The lowest BCUT2D eigenvalue weighted by molar-refractivity contribution is -0.147. The molecule has 2 rings (SSSR count). The first kappa shape index (κ1) is 12.5. The van der Waals surface area contributed by atoms with Crippen molar-refractivity contribution in [3.05, 3.63) is 29.8 Å². The van der Waals surface area contributed by atoms with Crippen molar-refractivity contribution in [2.45, 2.75) is 18.4 Å². The summed E-state index contributed by atoms with van der Waals surface area (Å²) in [7, 11) is 0. The number of hydrogen-bond donors (Lipinski definition) is 1. The monoisotopic (exact) mass is 251 g/mol. The van der Waals surface area contributed by atoms with Crippen molar-refractivity contribution in [3.8, 4) is 0 Å². The van der Waals surface area contributed by atoms with Crippen LogP contribution < -0.4 is 0 Å². The zero-order valence-corrected chi connectivity index (χ0v) is 10.7. The van der Waals surface area contributed by atoms with Gasteiger partial charge < -0.3 is 5.11 Å². The molecule has 0 saturated carbocycles. The SMILES string of the molecule is CCSc1cccc(CN2CC(C(=O)O)C2)c1. The van der Waals surface area contributed by atoms with Crippen LogP contribution >= 0.6 is 11.8 Å². The molecule has 1 fully saturated rings. The number of benzene rings is 1. The Hall–Kier alpha value is -1.00. The smallest absolute Gasteiger partial charge is 0.309 e. The highest BCUT2D eigenvalue weighted by Crippen LogP contribution is 2.22. The third-order valence-corrected chi connectivity index (χ3v) is 3.80. The van der Waals surface area contributed by atoms with E-state index in [2.05, 4.69) is 36.1 Å². The van der Waals surface area contributed by atoms with E-state index < -0.39 is 5.97 Å². The summed E-state index contributed by atoms with van der Waals surface area (Å²) in [6.07, 6.45) is 0. The molecule has 0 aromatic heterocycles. The lowest BCUT2D eigenvalue weighted by atomic mass is 10.00. The van der Waals surface area contributed by atoms with Crippen molar-refractivity contribution in [3.63, 3.8) is 0 Å². The number of nitrogens with zero attached hydrogens (tertiary/aromatic N) is 1. The summed E-state index contributed by atoms with van der Waals surface area (Å²) in [5.41, 5.74) is 1.27. The largest absolute Gasteiger partial charge is 0.481 e. The molecule has 0 aliphatic carbocycles. The second-order valence-corrected chi connectivity index (χ2v) is 5.65. The van der Waals surface area contributed by atoms with E-state index in [4.69, 9.17) is 5.11 Å². The van der Waals surface area contributed by atoms with Crippen LogP contribution in [0.15, 0.2) is 29.2 Å². The fourth-order valence-electron chi connectivity index (χ4n) is 2.01. The Morgan fingerprint density at radius 1 is 1.53 bits per heavy atom. The highest BCUT2D eigenvalue weighted by molar-refractivity contribution is 7.99. The van der Waals surface area contributed by atoms with Gasteiger partial charge in [0.05, 0.1) is 5.92 Å². The van der Waals surface area contributed by atoms with Crippen LogP contribution in [0, 0.1) is 5.92 Å². The van der Waals surface area contributed by atoms with Gasteiger partial charge in [0.1, 0.15) is 0 Å². The molecule has 92 valence electrons. The lowest BCUT2D eigenvalue weighted by Crippen LogP contribution is -2.49. The molecule has 0 spiro atoms. The normalized spacial score (nSPS) is 16.8. The summed E-state index contributed by atoms with van der Waals surface area (Å²) in [4.78, 5) is 14.2. The number of carboxylic acids is 1. The van der Waals surface area contributed by atoms with Gasteiger partial charge in [-0.1, -0.05) is 19.1 Å². The Balaban J connectivity index is 1.87. The van der Waals surface area contributed by atoms with E-state index >= 15 is 0 Å². The summed E-state index contributed by atoms with van der Waals surface area (Å²) >= 11 is 1.83. The van der Waals surface area contributed by atoms with Gasteiger partial charge in [-0.3, -0.25) is 9.69 Å². The van der Waals surface area contributed by atoms with Crippen LogP contribution in [0.5, 0.6) is 0 Å². The van der Waals surface area contributed by atoms with E-state index in [0.29, 0.717) is 13.1 Å². The van der Waals surface area contributed by atoms with Crippen LogP contribution in [0.4, 0.5) is 0 Å². The van der Waals surface area contributed by atoms with Gasteiger partial charge in [0.25, 0.3) is 0 Å². The Morgan fingerprint density at radius 3 is 2.94 bits per heavy atom. The number of aliphatic carboxylic acids is 1. The Labute approximate surface area is 106 Å². The number of hydrogen-bond acceptors (Lipinski definition) is 3. The quantitative estimate of drug-likeness (QED) is 0.815. The molecule has 0 bridgehead atoms. The van der Waals surface area contributed by atoms with Gasteiger partial charge in [-0.2, -0.15) is 0 Å². The fourth-order valence-corrected chi connectivity index (χ4v) is 2.76. The maximum absolute atomic E-state index is 10.7. The van der Waals surface area contributed by atoms with Crippen molar-refractivity contribution in [1.82, 2.24) is 4.90 Å². The van der Waals surface area contributed by atoms with Crippen molar-refractivity contribution in [1.29, 1.82) is 0 Å². The summed E-state index contributed by atoms with van der Waals surface area (Å²) in [5.74, 6) is 0.244. The van der Waals surface area contributed by atoms with E-state index in [9.17, 15) is 4.79 Å². The van der Waals surface area contributed by atoms with E-state index in [0.717, 1.165) is 12.3 Å². The maximum atomic E-state index is 10.7. The van der Waals surface area contributed by atoms with E-state index in [-0.39, 0.29) is 5.92 Å². The highest BCUT2D eigenvalue weighted by atomic mass is 32.2. The first-order chi connectivity index (χ1) is 8.19. The molecular weight excluding hydrogens is 234 g/mol. The van der Waals surface area contributed by atoms with Crippen LogP contribution in [0.2, 0.25) is 0 Å². The molecule has 0 amide bonds. The number of rotatable bonds is 5. The van der Waals surface area contributed by atoms with Crippen LogP contribution in [-0.4, -0.2) is 34.8 Å². The Morgan fingerprint density at radius 2 is 2.29 bits per heavy atom. The van der Waals surface area contributed by atoms with Crippen LogP contribution in [0.25, 0.3) is 0 Å². The first-order valence-electron chi connectivity index (χ1n) is 5.86. The molecule has 3 nitrogen and oxygen atoms in total. The van der Waals surface area contributed by atoms with Crippen molar-refractivity contribution in [2.24, 2.45) is 5.92 Å². The molecule has 0 atom stereocenters. The number of likely N-dealkylation sites (tertiary alicyclic amines) is 1. The molecule has 1 heterocycles. The van der Waals surface area contributed by atoms with Crippen LogP contribution in [0.3, 0.4) is 0 Å². The van der Waals surface area contributed by atoms with Gasteiger partial charge in [0.2, 0.25) is 0 Å². The van der Waals surface area contributed by atoms with Crippen molar-refractivity contribution < 1.29 is 9.90 Å². The summed E-state index contributed by atoms with van der Waals surface area (Å²) in [6.45, 7) is 4.37. The number of thioether (sulfide) groups is 1. The third-order valence-electron chi connectivity index (χ3n) is 2.92. The molecule has 1 aromatic rings. The van der Waals surface area contributed by atoms with Crippen LogP contribution in [-0.2, 0) is 11.3 Å². The molecule has 1 aromatic carbocycles. The molecule has 0 radical (unpaired) electrons.